The second-order valence-corrected chi connectivity index (χ2v) is 7.81. The number of oxazole rings is 1. The summed E-state index contributed by atoms with van der Waals surface area (Å²) in [5.41, 5.74) is 2.22. The maximum absolute atomic E-state index is 13.1. The third-order valence-electron chi connectivity index (χ3n) is 4.41. The summed E-state index contributed by atoms with van der Waals surface area (Å²) in [6.45, 7) is 1.90. The van der Waals surface area contributed by atoms with Gasteiger partial charge in [-0.1, -0.05) is 0 Å². The van der Waals surface area contributed by atoms with Crippen LogP contribution in [0, 0.1) is 18.6 Å². The topological polar surface area (TPSA) is 68.0 Å². The summed E-state index contributed by atoms with van der Waals surface area (Å²) >= 11 is 1.36. The molecule has 2 aromatic heterocycles. The number of benzene rings is 2. The van der Waals surface area contributed by atoms with Crippen LogP contribution in [-0.2, 0) is 11.2 Å². The van der Waals surface area contributed by atoms with Gasteiger partial charge < -0.3 is 9.73 Å². The number of thiazole rings is 1. The van der Waals surface area contributed by atoms with Gasteiger partial charge in [0.15, 0.2) is 16.8 Å². The van der Waals surface area contributed by atoms with E-state index < -0.39 is 0 Å². The number of amides is 1. The smallest absolute Gasteiger partial charge is 0.226 e. The minimum absolute atomic E-state index is 0.174. The molecule has 1 amide bonds. The lowest BCUT2D eigenvalue weighted by Crippen LogP contribution is -2.12. The van der Waals surface area contributed by atoms with Gasteiger partial charge in [0.05, 0.1) is 11.9 Å². The van der Waals surface area contributed by atoms with Gasteiger partial charge in [0.2, 0.25) is 5.91 Å². The number of aryl methyl sites for hydroxylation is 2. The SMILES string of the molecule is Cc1sc(NC(=O)CCc2ncc(-c3ccc(F)cc3)o2)nc1-c1ccc(F)cc1. The molecule has 8 heteroatoms. The highest BCUT2D eigenvalue weighted by atomic mass is 32.1. The molecule has 0 fully saturated rings. The molecule has 0 radical (unpaired) electrons. The molecule has 2 aromatic carbocycles. The van der Waals surface area contributed by atoms with Crippen molar-refractivity contribution in [3.63, 3.8) is 0 Å². The zero-order valence-electron chi connectivity index (χ0n) is 16.0. The van der Waals surface area contributed by atoms with Crippen molar-refractivity contribution in [2.24, 2.45) is 0 Å². The first-order valence-electron chi connectivity index (χ1n) is 9.22. The van der Waals surface area contributed by atoms with Crippen LogP contribution >= 0.6 is 11.3 Å². The first kappa shape index (κ1) is 19.9. The second-order valence-electron chi connectivity index (χ2n) is 6.60. The van der Waals surface area contributed by atoms with Gasteiger partial charge in [-0.15, -0.1) is 11.3 Å². The van der Waals surface area contributed by atoms with Gasteiger partial charge in [0, 0.05) is 28.8 Å². The standard InChI is InChI=1S/C22H17F2N3O2S/c1-13-21(15-4-8-17(24)9-5-15)27-22(30-13)26-19(28)10-11-20-25-12-18(29-20)14-2-6-16(23)7-3-14/h2-9,12H,10-11H2,1H3,(H,26,27,28). The Hall–Kier alpha value is -3.39. The van der Waals surface area contributed by atoms with Crippen LogP contribution in [0.5, 0.6) is 0 Å². The Bertz CT molecular complexity index is 1170. The number of nitrogens with one attached hydrogen (secondary N) is 1. The van der Waals surface area contributed by atoms with E-state index in [1.807, 2.05) is 6.92 Å². The molecule has 0 saturated heterocycles. The number of halogens is 2. The van der Waals surface area contributed by atoms with E-state index in [-0.39, 0.29) is 24.0 Å². The quantitative estimate of drug-likeness (QED) is 0.435. The van der Waals surface area contributed by atoms with Gasteiger partial charge in [-0.2, -0.15) is 0 Å². The highest BCUT2D eigenvalue weighted by Crippen LogP contribution is 2.30. The van der Waals surface area contributed by atoms with Gasteiger partial charge in [0.25, 0.3) is 0 Å². The molecule has 152 valence electrons. The third-order valence-corrected chi connectivity index (χ3v) is 5.30. The Labute approximate surface area is 175 Å². The van der Waals surface area contributed by atoms with Crippen molar-refractivity contribution in [1.29, 1.82) is 0 Å². The number of hydrogen-bond acceptors (Lipinski definition) is 5. The molecular weight excluding hydrogens is 408 g/mol. The van der Waals surface area contributed by atoms with Gasteiger partial charge >= 0.3 is 0 Å². The Balaban J connectivity index is 1.36. The third kappa shape index (κ3) is 4.60. The molecule has 0 aliphatic carbocycles. The predicted molar refractivity (Wildman–Crippen MR) is 111 cm³/mol. The van der Waals surface area contributed by atoms with E-state index >= 15 is 0 Å². The van der Waals surface area contributed by atoms with Crippen molar-refractivity contribution in [1.82, 2.24) is 9.97 Å². The van der Waals surface area contributed by atoms with Gasteiger partial charge in [0.1, 0.15) is 11.6 Å². The van der Waals surface area contributed by atoms with E-state index in [2.05, 4.69) is 15.3 Å². The summed E-state index contributed by atoms with van der Waals surface area (Å²) < 4.78 is 31.8. The second kappa shape index (κ2) is 8.54. The Morgan fingerprint density at radius 2 is 1.67 bits per heavy atom. The Morgan fingerprint density at radius 3 is 2.33 bits per heavy atom. The van der Waals surface area contributed by atoms with Crippen LogP contribution in [-0.4, -0.2) is 15.9 Å². The van der Waals surface area contributed by atoms with Crippen molar-refractivity contribution in [2.45, 2.75) is 19.8 Å². The summed E-state index contributed by atoms with van der Waals surface area (Å²) in [6.07, 6.45) is 2.05. The van der Waals surface area contributed by atoms with Crippen LogP contribution in [0.1, 0.15) is 17.2 Å². The van der Waals surface area contributed by atoms with Crippen LogP contribution in [0.3, 0.4) is 0 Å². The minimum atomic E-state index is -0.324. The Morgan fingerprint density at radius 1 is 1.03 bits per heavy atom. The molecule has 5 nitrogen and oxygen atoms in total. The molecule has 0 saturated carbocycles. The maximum Gasteiger partial charge on any atom is 0.226 e. The van der Waals surface area contributed by atoms with Gasteiger partial charge in [-0.05, 0) is 55.5 Å². The number of hydrogen-bond donors (Lipinski definition) is 1. The van der Waals surface area contributed by atoms with Gasteiger partial charge in [-0.3, -0.25) is 4.79 Å². The molecule has 0 aliphatic rings. The van der Waals surface area contributed by atoms with Crippen LogP contribution in [0.15, 0.2) is 59.1 Å². The zero-order chi connectivity index (χ0) is 21.1. The highest BCUT2D eigenvalue weighted by Gasteiger charge is 2.14. The Kier molecular flexibility index (Phi) is 5.67. The summed E-state index contributed by atoms with van der Waals surface area (Å²) in [6, 6.07) is 12.0. The summed E-state index contributed by atoms with van der Waals surface area (Å²) in [4.78, 5) is 21.8. The average molecular weight is 425 g/mol. The number of anilines is 1. The van der Waals surface area contributed by atoms with Crippen LogP contribution in [0.2, 0.25) is 0 Å². The highest BCUT2D eigenvalue weighted by molar-refractivity contribution is 7.16. The van der Waals surface area contributed by atoms with Crippen molar-refractivity contribution in [3.05, 3.63) is 77.1 Å². The molecule has 0 aliphatic heterocycles. The molecule has 2 heterocycles. The van der Waals surface area contributed by atoms with E-state index in [4.69, 9.17) is 4.42 Å². The lowest BCUT2D eigenvalue weighted by Gasteiger charge is -2.00. The van der Waals surface area contributed by atoms with Crippen LogP contribution < -0.4 is 5.32 Å². The molecule has 4 rings (SSSR count). The van der Waals surface area contributed by atoms with E-state index in [9.17, 15) is 13.6 Å². The number of carbonyl (C=O) groups excluding carboxylic acids is 1. The summed E-state index contributed by atoms with van der Waals surface area (Å²) in [5.74, 6) is 0.0945. The normalized spacial score (nSPS) is 10.9. The number of nitrogens with zero attached hydrogens (tertiary/aromatic N) is 2. The lowest BCUT2D eigenvalue weighted by atomic mass is 10.1. The van der Waals surface area contributed by atoms with Crippen LogP contribution in [0.4, 0.5) is 13.9 Å². The predicted octanol–water partition coefficient (Wildman–Crippen LogP) is 5.62. The van der Waals surface area contributed by atoms with E-state index in [0.717, 1.165) is 10.4 Å². The molecular formula is C22H17F2N3O2S. The van der Waals surface area contributed by atoms with Crippen molar-refractivity contribution >= 4 is 22.4 Å². The fourth-order valence-electron chi connectivity index (χ4n) is 2.90. The van der Waals surface area contributed by atoms with Crippen molar-refractivity contribution in [3.8, 4) is 22.6 Å². The molecule has 0 atom stereocenters. The number of rotatable bonds is 6. The van der Waals surface area contributed by atoms with E-state index in [1.54, 1.807) is 30.5 Å². The first-order valence-corrected chi connectivity index (χ1v) is 10.0. The molecule has 0 spiro atoms. The molecule has 30 heavy (non-hydrogen) atoms. The first-order chi connectivity index (χ1) is 14.5. The molecule has 4 aromatic rings. The van der Waals surface area contributed by atoms with Crippen LogP contribution in [0.25, 0.3) is 22.6 Å². The minimum Gasteiger partial charge on any atom is -0.441 e. The zero-order valence-corrected chi connectivity index (χ0v) is 16.8. The fourth-order valence-corrected chi connectivity index (χ4v) is 3.75. The summed E-state index contributed by atoms with van der Waals surface area (Å²) in [5, 5.41) is 3.27. The monoisotopic (exact) mass is 425 g/mol. The largest absolute Gasteiger partial charge is 0.441 e. The lowest BCUT2D eigenvalue weighted by molar-refractivity contribution is -0.116. The van der Waals surface area contributed by atoms with Crippen molar-refractivity contribution in [2.75, 3.05) is 5.32 Å². The van der Waals surface area contributed by atoms with E-state index in [0.29, 0.717) is 34.5 Å². The molecule has 1 N–H and O–H groups in total. The fraction of sp³-hybridized carbons (Fsp3) is 0.136. The number of carbonyl (C=O) groups is 1. The average Bonchev–Trinajstić information content (AvgIpc) is 3.34. The summed E-state index contributed by atoms with van der Waals surface area (Å²) in [7, 11) is 0. The molecule has 0 unspecified atom stereocenters. The molecule has 0 bridgehead atoms. The van der Waals surface area contributed by atoms with Crippen molar-refractivity contribution < 1.29 is 18.0 Å². The van der Waals surface area contributed by atoms with Gasteiger partial charge in [-0.25, -0.2) is 18.7 Å². The number of aromatic nitrogens is 2. The maximum atomic E-state index is 13.1. The van der Waals surface area contributed by atoms with E-state index in [1.165, 1.54) is 35.6 Å².